The molecule has 0 aliphatic rings. The van der Waals surface area contributed by atoms with Crippen molar-refractivity contribution in [2.45, 2.75) is 17.5 Å². The summed E-state index contributed by atoms with van der Waals surface area (Å²) in [5.41, 5.74) is 0. The van der Waals surface area contributed by atoms with Crippen molar-refractivity contribution in [1.29, 1.82) is 0 Å². The number of Topliss-reactive ketones (excluding diaryl/α,β-unsaturated/α-hetero) is 1. The predicted octanol–water partition coefficient (Wildman–Crippen LogP) is 3.18. The molecule has 0 aliphatic carbocycles. The van der Waals surface area contributed by atoms with E-state index in [1.54, 1.807) is 6.92 Å². The quantitative estimate of drug-likeness (QED) is 0.514. The van der Waals surface area contributed by atoms with Crippen molar-refractivity contribution in [2.75, 3.05) is 5.75 Å². The minimum Gasteiger partial charge on any atom is -0.493 e. The van der Waals surface area contributed by atoms with Gasteiger partial charge >= 0.3 is 22.1 Å². The molecule has 0 radical (unpaired) electrons. The second-order valence-corrected chi connectivity index (χ2v) is 4.81. The van der Waals surface area contributed by atoms with Crippen LogP contribution in [0.4, 0.5) is 13.2 Å². The number of carbonyl (C=O) groups is 1. The molecule has 0 fully saturated rings. The van der Waals surface area contributed by atoms with Crippen LogP contribution >= 0.6 is 23.1 Å². The van der Waals surface area contributed by atoms with Crippen LogP contribution < -0.4 is 0 Å². The average Bonchev–Trinajstić information content (AvgIpc) is 2.44. The van der Waals surface area contributed by atoms with Gasteiger partial charge in [0.15, 0.2) is 0 Å². The fourth-order valence-corrected chi connectivity index (χ4v) is 2.44. The molecule has 0 bridgehead atoms. The van der Waals surface area contributed by atoms with Gasteiger partial charge in [-0.1, -0.05) is 6.92 Å². The van der Waals surface area contributed by atoms with Crippen LogP contribution in [-0.2, 0) is 0 Å². The Balaban J connectivity index is 3.00. The first-order valence-electron chi connectivity index (χ1n) is 3.76. The standard InChI is InChI=1S/C7H5F3O3S2/c1-2-14-6-13-3(5(12)15-6)4(11)7(8,9)10/h2H2,1H3/p+1. The predicted molar refractivity (Wildman–Crippen MR) is 49.4 cm³/mol. The molecule has 0 atom stereocenters. The summed E-state index contributed by atoms with van der Waals surface area (Å²) >= 11 is 1.72. The number of carbonyl (C=O) groups excluding carboxylic acids is 1. The highest BCUT2D eigenvalue weighted by molar-refractivity contribution is 8.00. The zero-order valence-electron chi connectivity index (χ0n) is 7.42. The van der Waals surface area contributed by atoms with E-state index in [1.165, 1.54) is 0 Å². The maximum Gasteiger partial charge on any atom is 0.464 e. The van der Waals surface area contributed by atoms with Crippen molar-refractivity contribution in [2.24, 2.45) is 0 Å². The number of ketones is 1. The Morgan fingerprint density at radius 1 is 1.60 bits per heavy atom. The number of alkyl halides is 3. The van der Waals surface area contributed by atoms with Gasteiger partial charge in [-0.25, -0.2) is 0 Å². The molecule has 0 spiro atoms. The fraction of sp³-hybridized carbons (Fsp3) is 0.429. The monoisotopic (exact) mass is 259 g/mol. The van der Waals surface area contributed by atoms with E-state index in [2.05, 4.69) is 4.42 Å². The Bertz CT molecular complexity index is 372. The number of hydrogen-bond donors (Lipinski definition) is 1. The molecule has 0 saturated carbocycles. The van der Waals surface area contributed by atoms with E-state index >= 15 is 0 Å². The van der Waals surface area contributed by atoms with Gasteiger partial charge < -0.3 is 5.11 Å². The van der Waals surface area contributed by atoms with Crippen molar-refractivity contribution in [1.82, 2.24) is 0 Å². The van der Waals surface area contributed by atoms with Crippen LogP contribution in [0.1, 0.15) is 17.5 Å². The zero-order chi connectivity index (χ0) is 11.6. The van der Waals surface area contributed by atoms with Gasteiger partial charge in [0.05, 0.1) is 0 Å². The maximum atomic E-state index is 12.0. The van der Waals surface area contributed by atoms with Crippen LogP contribution in [0.2, 0.25) is 0 Å². The molecule has 15 heavy (non-hydrogen) atoms. The summed E-state index contributed by atoms with van der Waals surface area (Å²) in [6, 6.07) is 0. The first-order chi connectivity index (χ1) is 6.86. The van der Waals surface area contributed by atoms with Gasteiger partial charge in [-0.3, -0.25) is 4.79 Å². The summed E-state index contributed by atoms with van der Waals surface area (Å²) in [5.74, 6) is -2.63. The lowest BCUT2D eigenvalue weighted by atomic mass is 10.3. The summed E-state index contributed by atoms with van der Waals surface area (Å²) in [5, 5.41) is 8.34. The second kappa shape index (κ2) is 4.40. The second-order valence-electron chi connectivity index (χ2n) is 2.35. The van der Waals surface area contributed by atoms with Gasteiger partial charge in [0.25, 0.3) is 5.06 Å². The number of halogens is 3. The number of hydrogen-bond acceptors (Lipinski definition) is 4. The van der Waals surface area contributed by atoms with Crippen LogP contribution in [0.25, 0.3) is 0 Å². The molecule has 0 amide bonds. The number of thioether (sulfide) groups is 1. The van der Waals surface area contributed by atoms with Crippen LogP contribution in [0.15, 0.2) is 8.82 Å². The van der Waals surface area contributed by atoms with Crippen LogP contribution in [0, 0.1) is 0 Å². The van der Waals surface area contributed by atoms with Gasteiger partial charge in [-0.05, 0) is 11.8 Å². The van der Waals surface area contributed by atoms with Crippen LogP contribution in [-0.4, -0.2) is 22.8 Å². The zero-order valence-corrected chi connectivity index (χ0v) is 9.05. The third kappa shape index (κ3) is 2.85. The minimum absolute atomic E-state index is 0.127. The molecule has 0 aliphatic heterocycles. The Hall–Kier alpha value is -0.760. The first-order valence-corrected chi connectivity index (χ1v) is 5.56. The lowest BCUT2D eigenvalue weighted by Crippen LogP contribution is -2.22. The average molecular weight is 259 g/mol. The van der Waals surface area contributed by atoms with Crippen molar-refractivity contribution >= 4 is 28.9 Å². The third-order valence-corrected chi connectivity index (χ3v) is 3.13. The van der Waals surface area contributed by atoms with E-state index in [9.17, 15) is 18.0 Å². The molecule has 1 N–H and O–H groups in total. The molecule has 8 heteroatoms. The molecule has 1 rings (SSSR count). The van der Waals surface area contributed by atoms with Crippen LogP contribution in [0.3, 0.4) is 0 Å². The van der Waals surface area contributed by atoms with Gasteiger partial charge in [-0.15, -0.1) is 0 Å². The fourth-order valence-electron chi connectivity index (χ4n) is 0.722. The van der Waals surface area contributed by atoms with Crippen molar-refractivity contribution in [3.05, 3.63) is 5.76 Å². The smallest absolute Gasteiger partial charge is 0.464 e. The molecule has 0 saturated heterocycles. The molecule has 3 nitrogen and oxygen atoms in total. The highest BCUT2D eigenvalue weighted by atomic mass is 32.2. The first kappa shape index (κ1) is 12.3. The number of aromatic hydroxyl groups is 1. The molecule has 84 valence electrons. The van der Waals surface area contributed by atoms with Crippen molar-refractivity contribution in [3.8, 4) is 5.06 Å². The lowest BCUT2D eigenvalue weighted by molar-refractivity contribution is -0.0902. The number of rotatable bonds is 3. The van der Waals surface area contributed by atoms with Gasteiger partial charge in [0, 0.05) is 17.1 Å². The largest absolute Gasteiger partial charge is 0.493 e. The van der Waals surface area contributed by atoms with Crippen molar-refractivity contribution < 1.29 is 27.5 Å². The Morgan fingerprint density at radius 3 is 2.67 bits per heavy atom. The van der Waals surface area contributed by atoms with Gasteiger partial charge in [-0.2, -0.15) is 17.6 Å². The van der Waals surface area contributed by atoms with E-state index in [-0.39, 0.29) is 4.41 Å². The molecule has 0 unspecified atom stereocenters. The Kier molecular flexibility index (Phi) is 3.61. The van der Waals surface area contributed by atoms with Crippen LogP contribution in [0.5, 0.6) is 5.06 Å². The highest BCUT2D eigenvalue weighted by Crippen LogP contribution is 2.38. The van der Waals surface area contributed by atoms with E-state index in [0.717, 1.165) is 11.8 Å². The molecule has 1 aromatic heterocycles. The lowest BCUT2D eigenvalue weighted by Gasteiger charge is -1.95. The van der Waals surface area contributed by atoms with E-state index in [1.807, 2.05) is 0 Å². The topological polar surface area (TPSA) is 48.6 Å². The Morgan fingerprint density at radius 2 is 2.20 bits per heavy atom. The van der Waals surface area contributed by atoms with Gasteiger partial charge in [0.1, 0.15) is 0 Å². The SMILES string of the molecule is CCSc1[o+]c(C(=O)C(F)(F)F)c(O)s1. The normalized spacial score (nSPS) is 11.7. The summed E-state index contributed by atoms with van der Waals surface area (Å²) < 4.78 is 40.7. The Labute approximate surface area is 90.9 Å². The van der Waals surface area contributed by atoms with E-state index in [0.29, 0.717) is 17.1 Å². The maximum absolute atomic E-state index is 12.0. The molecule has 1 aromatic rings. The van der Waals surface area contributed by atoms with E-state index < -0.39 is 22.8 Å². The highest BCUT2D eigenvalue weighted by Gasteiger charge is 2.50. The van der Waals surface area contributed by atoms with E-state index in [4.69, 9.17) is 5.11 Å². The molecular formula is C7H6F3O3S2+. The third-order valence-electron chi connectivity index (χ3n) is 1.29. The summed E-state index contributed by atoms with van der Waals surface area (Å²) in [7, 11) is 0. The summed E-state index contributed by atoms with van der Waals surface area (Å²) in [4.78, 5) is 10.7. The molecule has 1 heterocycles. The minimum atomic E-state index is -5.03. The summed E-state index contributed by atoms with van der Waals surface area (Å²) in [6.45, 7) is 1.77. The molecular weight excluding hydrogens is 253 g/mol. The van der Waals surface area contributed by atoms with Gasteiger partial charge in [0.2, 0.25) is 0 Å². The molecule has 0 aromatic carbocycles. The summed E-state index contributed by atoms with van der Waals surface area (Å²) in [6.07, 6.45) is -5.03. The van der Waals surface area contributed by atoms with Crippen molar-refractivity contribution in [3.63, 3.8) is 0 Å².